The van der Waals surface area contributed by atoms with Gasteiger partial charge in [0, 0.05) is 6.04 Å². The molecule has 0 spiro atoms. The summed E-state index contributed by atoms with van der Waals surface area (Å²) >= 11 is 0. The highest BCUT2D eigenvalue weighted by Gasteiger charge is 2.19. The fourth-order valence-corrected chi connectivity index (χ4v) is 2.15. The first-order chi connectivity index (χ1) is 6.74. The number of aromatic hydroxyl groups is 1. The van der Waals surface area contributed by atoms with Crippen LogP contribution in [-0.2, 0) is 12.8 Å². The number of fused-ring (bicyclic) bond motifs is 1. The molecule has 1 aromatic carbocycles. The number of benzene rings is 1. The Morgan fingerprint density at radius 1 is 1.36 bits per heavy atom. The topological polar surface area (TPSA) is 46.2 Å². The van der Waals surface area contributed by atoms with E-state index in [4.69, 9.17) is 5.73 Å². The van der Waals surface area contributed by atoms with Gasteiger partial charge >= 0.3 is 0 Å². The van der Waals surface area contributed by atoms with Crippen molar-refractivity contribution in [3.8, 4) is 5.75 Å². The Balaban J connectivity index is 2.53. The standard InChI is InChI=1S/C12H15NO/c1-2-11(13)9-6-7-12(14)10-5-3-4-8(9)10/h2,6-7,11,14H,1,3-5,13H2. The highest BCUT2D eigenvalue weighted by atomic mass is 16.3. The van der Waals surface area contributed by atoms with Crippen LogP contribution >= 0.6 is 0 Å². The summed E-state index contributed by atoms with van der Waals surface area (Å²) in [5.74, 6) is 0.414. The van der Waals surface area contributed by atoms with Crippen LogP contribution in [0.5, 0.6) is 5.75 Å². The van der Waals surface area contributed by atoms with Gasteiger partial charge in [0.1, 0.15) is 5.75 Å². The van der Waals surface area contributed by atoms with Crippen LogP contribution in [0.2, 0.25) is 0 Å². The van der Waals surface area contributed by atoms with E-state index in [-0.39, 0.29) is 6.04 Å². The molecule has 74 valence electrons. The molecule has 0 aromatic heterocycles. The summed E-state index contributed by atoms with van der Waals surface area (Å²) in [5.41, 5.74) is 9.35. The van der Waals surface area contributed by atoms with Crippen LogP contribution in [0.1, 0.15) is 29.2 Å². The number of nitrogens with two attached hydrogens (primary N) is 1. The van der Waals surface area contributed by atoms with Gasteiger partial charge in [-0.3, -0.25) is 0 Å². The van der Waals surface area contributed by atoms with Gasteiger partial charge in [-0.25, -0.2) is 0 Å². The Labute approximate surface area is 84.1 Å². The summed E-state index contributed by atoms with van der Waals surface area (Å²) in [6.45, 7) is 3.70. The largest absolute Gasteiger partial charge is 0.508 e. The second-order valence-corrected chi connectivity index (χ2v) is 3.75. The van der Waals surface area contributed by atoms with E-state index in [9.17, 15) is 5.11 Å². The highest BCUT2D eigenvalue weighted by Crippen LogP contribution is 2.34. The lowest BCUT2D eigenvalue weighted by Crippen LogP contribution is -2.09. The molecule has 14 heavy (non-hydrogen) atoms. The number of rotatable bonds is 2. The lowest BCUT2D eigenvalue weighted by atomic mass is 9.97. The SMILES string of the molecule is C=CC(N)c1ccc(O)c2c1CCC2. The van der Waals surface area contributed by atoms with Crippen LogP contribution in [-0.4, -0.2) is 5.11 Å². The number of hydrogen-bond donors (Lipinski definition) is 2. The second kappa shape index (κ2) is 3.46. The minimum absolute atomic E-state index is 0.109. The average Bonchev–Trinajstić information content (AvgIpc) is 2.67. The first-order valence-corrected chi connectivity index (χ1v) is 4.95. The van der Waals surface area contributed by atoms with Crippen molar-refractivity contribution >= 4 is 0 Å². The zero-order chi connectivity index (χ0) is 10.1. The van der Waals surface area contributed by atoms with Crippen LogP contribution in [0.25, 0.3) is 0 Å². The van der Waals surface area contributed by atoms with Gasteiger partial charge in [0.2, 0.25) is 0 Å². The molecule has 1 unspecified atom stereocenters. The molecule has 0 aliphatic heterocycles. The Bertz CT molecular complexity index is 371. The summed E-state index contributed by atoms with van der Waals surface area (Å²) in [7, 11) is 0. The van der Waals surface area contributed by atoms with Crippen molar-refractivity contribution in [3.05, 3.63) is 41.5 Å². The molecule has 0 amide bonds. The van der Waals surface area contributed by atoms with Gasteiger partial charge in [-0.05, 0) is 42.0 Å². The Morgan fingerprint density at radius 3 is 2.79 bits per heavy atom. The van der Waals surface area contributed by atoms with Crippen molar-refractivity contribution in [2.24, 2.45) is 5.73 Å². The third-order valence-corrected chi connectivity index (χ3v) is 2.91. The molecule has 1 atom stereocenters. The van der Waals surface area contributed by atoms with Gasteiger partial charge in [-0.15, -0.1) is 6.58 Å². The molecular weight excluding hydrogens is 174 g/mol. The van der Waals surface area contributed by atoms with E-state index in [0.29, 0.717) is 5.75 Å². The van der Waals surface area contributed by atoms with Gasteiger partial charge in [0.25, 0.3) is 0 Å². The lowest BCUT2D eigenvalue weighted by molar-refractivity contribution is 0.469. The van der Waals surface area contributed by atoms with Crippen molar-refractivity contribution in [1.29, 1.82) is 0 Å². The maximum absolute atomic E-state index is 9.64. The predicted octanol–water partition coefficient (Wildman–Crippen LogP) is 2.07. The van der Waals surface area contributed by atoms with Crippen LogP contribution in [0, 0.1) is 0 Å². The van der Waals surface area contributed by atoms with Crippen molar-refractivity contribution in [2.45, 2.75) is 25.3 Å². The maximum Gasteiger partial charge on any atom is 0.119 e. The Hall–Kier alpha value is -1.28. The van der Waals surface area contributed by atoms with Gasteiger partial charge in [0.05, 0.1) is 0 Å². The van der Waals surface area contributed by atoms with Crippen LogP contribution in [0.15, 0.2) is 24.8 Å². The number of phenolic OH excluding ortho intramolecular Hbond substituents is 1. The number of phenols is 1. The summed E-state index contributed by atoms with van der Waals surface area (Å²) in [6, 6.07) is 3.54. The third-order valence-electron chi connectivity index (χ3n) is 2.91. The van der Waals surface area contributed by atoms with Crippen molar-refractivity contribution in [3.63, 3.8) is 0 Å². The molecule has 0 saturated carbocycles. The quantitative estimate of drug-likeness (QED) is 0.699. The van der Waals surface area contributed by atoms with Crippen LogP contribution in [0.3, 0.4) is 0 Å². The zero-order valence-electron chi connectivity index (χ0n) is 8.16. The minimum Gasteiger partial charge on any atom is -0.508 e. The minimum atomic E-state index is -0.109. The van der Waals surface area contributed by atoms with E-state index >= 15 is 0 Å². The van der Waals surface area contributed by atoms with E-state index in [2.05, 4.69) is 6.58 Å². The van der Waals surface area contributed by atoms with E-state index in [1.807, 2.05) is 6.07 Å². The molecule has 3 N–H and O–H groups in total. The molecule has 1 aliphatic rings. The van der Waals surface area contributed by atoms with Crippen molar-refractivity contribution in [1.82, 2.24) is 0 Å². The molecule has 0 saturated heterocycles. The molecular formula is C12H15NO. The second-order valence-electron chi connectivity index (χ2n) is 3.75. The predicted molar refractivity (Wildman–Crippen MR) is 57.3 cm³/mol. The van der Waals surface area contributed by atoms with Crippen LogP contribution < -0.4 is 5.73 Å². The van der Waals surface area contributed by atoms with Gasteiger partial charge in [0.15, 0.2) is 0 Å². The van der Waals surface area contributed by atoms with Crippen LogP contribution in [0.4, 0.5) is 0 Å². The lowest BCUT2D eigenvalue weighted by Gasteiger charge is -2.13. The summed E-state index contributed by atoms with van der Waals surface area (Å²) in [4.78, 5) is 0. The first-order valence-electron chi connectivity index (χ1n) is 4.95. The Kier molecular flexibility index (Phi) is 2.30. The molecule has 2 rings (SSSR count). The fourth-order valence-electron chi connectivity index (χ4n) is 2.15. The molecule has 2 heteroatoms. The van der Waals surface area contributed by atoms with Crippen molar-refractivity contribution in [2.75, 3.05) is 0 Å². The average molecular weight is 189 g/mol. The van der Waals surface area contributed by atoms with Crippen molar-refractivity contribution < 1.29 is 5.11 Å². The Morgan fingerprint density at radius 2 is 2.07 bits per heavy atom. The highest BCUT2D eigenvalue weighted by molar-refractivity contribution is 5.48. The molecule has 1 aliphatic carbocycles. The summed E-state index contributed by atoms with van der Waals surface area (Å²) in [6.07, 6.45) is 4.86. The molecule has 0 radical (unpaired) electrons. The first kappa shape index (κ1) is 9.28. The van der Waals surface area contributed by atoms with E-state index < -0.39 is 0 Å². The maximum atomic E-state index is 9.64. The smallest absolute Gasteiger partial charge is 0.119 e. The van der Waals surface area contributed by atoms with E-state index in [1.54, 1.807) is 12.1 Å². The molecule has 0 fully saturated rings. The van der Waals surface area contributed by atoms with E-state index in [0.717, 1.165) is 30.4 Å². The molecule has 0 bridgehead atoms. The normalized spacial score (nSPS) is 16.4. The molecule has 2 nitrogen and oxygen atoms in total. The van der Waals surface area contributed by atoms with Gasteiger partial charge in [-0.1, -0.05) is 12.1 Å². The summed E-state index contributed by atoms with van der Waals surface area (Å²) in [5, 5.41) is 9.64. The molecule has 1 aromatic rings. The molecule has 0 heterocycles. The van der Waals surface area contributed by atoms with Gasteiger partial charge < -0.3 is 10.8 Å². The fraction of sp³-hybridized carbons (Fsp3) is 0.333. The summed E-state index contributed by atoms with van der Waals surface area (Å²) < 4.78 is 0. The monoisotopic (exact) mass is 189 g/mol. The number of hydrogen-bond acceptors (Lipinski definition) is 2. The van der Waals surface area contributed by atoms with Gasteiger partial charge in [-0.2, -0.15) is 0 Å². The zero-order valence-corrected chi connectivity index (χ0v) is 8.16. The van der Waals surface area contributed by atoms with E-state index in [1.165, 1.54) is 5.56 Å². The third kappa shape index (κ3) is 1.32.